The molecule has 2 aromatic rings. The van der Waals surface area contributed by atoms with Crippen LogP contribution in [0.3, 0.4) is 0 Å². The van der Waals surface area contributed by atoms with Gasteiger partial charge in [-0.05, 0) is 36.8 Å². The monoisotopic (exact) mass is 284 g/mol. The first-order chi connectivity index (χ1) is 10.1. The van der Waals surface area contributed by atoms with Crippen molar-refractivity contribution in [3.8, 4) is 0 Å². The van der Waals surface area contributed by atoms with E-state index in [4.69, 9.17) is 0 Å². The van der Waals surface area contributed by atoms with Crippen molar-refractivity contribution in [2.75, 3.05) is 11.9 Å². The Morgan fingerprint density at radius 1 is 1.38 bits per heavy atom. The lowest BCUT2D eigenvalue weighted by atomic mass is 10.1. The molecule has 1 heterocycles. The smallest absolute Gasteiger partial charge is 0.339 e. The van der Waals surface area contributed by atoms with Gasteiger partial charge in [-0.2, -0.15) is 0 Å². The van der Waals surface area contributed by atoms with Crippen molar-refractivity contribution in [3.05, 3.63) is 35.9 Å². The summed E-state index contributed by atoms with van der Waals surface area (Å²) in [7, 11) is 0. The van der Waals surface area contributed by atoms with E-state index in [0.29, 0.717) is 11.7 Å². The van der Waals surface area contributed by atoms with Crippen LogP contribution in [0.2, 0.25) is 0 Å². The quantitative estimate of drug-likeness (QED) is 0.897. The maximum Gasteiger partial charge on any atom is 0.339 e. The lowest BCUT2D eigenvalue weighted by Gasteiger charge is -2.14. The molecule has 0 amide bonds. The summed E-state index contributed by atoms with van der Waals surface area (Å²) < 4.78 is 0. The van der Waals surface area contributed by atoms with Crippen LogP contribution < -0.4 is 5.32 Å². The van der Waals surface area contributed by atoms with E-state index in [9.17, 15) is 9.90 Å². The lowest BCUT2D eigenvalue weighted by molar-refractivity contribution is 0.0697. The molecule has 0 radical (unpaired) electrons. The summed E-state index contributed by atoms with van der Waals surface area (Å²) in [6, 6.07) is 9.30. The molecule has 1 aliphatic rings. The predicted octanol–water partition coefficient (Wildman–Crippen LogP) is 3.78. The zero-order valence-corrected chi connectivity index (χ0v) is 12.2. The Bertz CT molecular complexity index is 669. The van der Waals surface area contributed by atoms with Crippen LogP contribution >= 0.6 is 0 Å². The number of anilines is 1. The molecule has 21 heavy (non-hydrogen) atoms. The van der Waals surface area contributed by atoms with E-state index in [2.05, 4.69) is 17.2 Å². The predicted molar refractivity (Wildman–Crippen MR) is 83.7 cm³/mol. The number of aromatic nitrogens is 1. The van der Waals surface area contributed by atoms with Crippen molar-refractivity contribution in [2.24, 2.45) is 11.8 Å². The van der Waals surface area contributed by atoms with Gasteiger partial charge in [-0.3, -0.25) is 0 Å². The van der Waals surface area contributed by atoms with E-state index in [0.717, 1.165) is 23.4 Å². The Balaban J connectivity index is 1.85. The van der Waals surface area contributed by atoms with Crippen LogP contribution in [0.25, 0.3) is 10.9 Å². The molecule has 1 aromatic carbocycles. The third kappa shape index (κ3) is 2.99. The molecule has 0 aliphatic heterocycles. The van der Waals surface area contributed by atoms with E-state index in [1.807, 2.05) is 24.3 Å². The topological polar surface area (TPSA) is 62.2 Å². The number of hydrogen-bond donors (Lipinski definition) is 2. The number of carboxylic acids is 1. The lowest BCUT2D eigenvalue weighted by Crippen LogP contribution is -2.15. The molecular weight excluding hydrogens is 264 g/mol. The first-order valence-corrected chi connectivity index (χ1v) is 7.50. The zero-order valence-electron chi connectivity index (χ0n) is 12.2. The van der Waals surface area contributed by atoms with Crippen LogP contribution in [0.15, 0.2) is 30.3 Å². The van der Waals surface area contributed by atoms with Gasteiger partial charge in [0.05, 0.1) is 5.52 Å². The number of nitrogens with zero attached hydrogens (tertiary/aromatic N) is 1. The van der Waals surface area contributed by atoms with Gasteiger partial charge in [0.1, 0.15) is 11.4 Å². The SMILES string of the molecule is CC1CCC(CNc2nc3ccccc3cc2C(=O)O)C1. The van der Waals surface area contributed by atoms with Crippen LogP contribution in [0.1, 0.15) is 36.5 Å². The van der Waals surface area contributed by atoms with E-state index in [1.54, 1.807) is 6.07 Å². The minimum atomic E-state index is -0.935. The molecule has 1 saturated carbocycles. The van der Waals surface area contributed by atoms with Gasteiger partial charge in [-0.25, -0.2) is 9.78 Å². The number of fused-ring (bicyclic) bond motifs is 1. The maximum absolute atomic E-state index is 11.4. The Labute approximate surface area is 124 Å². The zero-order chi connectivity index (χ0) is 14.8. The molecule has 2 N–H and O–H groups in total. The van der Waals surface area contributed by atoms with Crippen molar-refractivity contribution in [1.29, 1.82) is 0 Å². The summed E-state index contributed by atoms with van der Waals surface area (Å²) in [6.45, 7) is 3.08. The molecule has 1 aromatic heterocycles. The van der Waals surface area contributed by atoms with Gasteiger partial charge in [0.15, 0.2) is 0 Å². The molecule has 4 nitrogen and oxygen atoms in total. The van der Waals surface area contributed by atoms with E-state index in [-0.39, 0.29) is 5.56 Å². The highest BCUT2D eigenvalue weighted by Gasteiger charge is 2.22. The number of nitrogens with one attached hydrogen (secondary N) is 1. The summed E-state index contributed by atoms with van der Waals surface area (Å²) in [5.41, 5.74) is 1.07. The van der Waals surface area contributed by atoms with Gasteiger partial charge in [0.2, 0.25) is 0 Å². The van der Waals surface area contributed by atoms with Gasteiger partial charge in [0, 0.05) is 11.9 Å². The van der Waals surface area contributed by atoms with Crippen LogP contribution in [0, 0.1) is 11.8 Å². The molecule has 0 saturated heterocycles. The van der Waals surface area contributed by atoms with Gasteiger partial charge < -0.3 is 10.4 Å². The van der Waals surface area contributed by atoms with Gasteiger partial charge >= 0.3 is 5.97 Å². The van der Waals surface area contributed by atoms with Crippen LogP contribution in [0.5, 0.6) is 0 Å². The fourth-order valence-corrected chi connectivity index (χ4v) is 3.17. The third-order valence-corrected chi connectivity index (χ3v) is 4.32. The average Bonchev–Trinajstić information content (AvgIpc) is 2.89. The van der Waals surface area contributed by atoms with Crippen molar-refractivity contribution in [3.63, 3.8) is 0 Å². The molecule has 0 bridgehead atoms. The number of aromatic carboxylic acids is 1. The highest BCUT2D eigenvalue weighted by Crippen LogP contribution is 2.30. The maximum atomic E-state index is 11.4. The Kier molecular flexibility index (Phi) is 3.78. The number of para-hydroxylation sites is 1. The van der Waals surface area contributed by atoms with E-state index < -0.39 is 5.97 Å². The highest BCUT2D eigenvalue weighted by molar-refractivity contribution is 5.98. The second-order valence-corrected chi connectivity index (χ2v) is 6.05. The summed E-state index contributed by atoms with van der Waals surface area (Å²) >= 11 is 0. The number of carbonyl (C=O) groups is 1. The van der Waals surface area contributed by atoms with Crippen molar-refractivity contribution >= 4 is 22.7 Å². The fraction of sp³-hybridized carbons (Fsp3) is 0.412. The Morgan fingerprint density at radius 2 is 2.19 bits per heavy atom. The minimum absolute atomic E-state index is 0.250. The van der Waals surface area contributed by atoms with Gasteiger partial charge in [-0.15, -0.1) is 0 Å². The van der Waals surface area contributed by atoms with Gasteiger partial charge in [-0.1, -0.05) is 31.5 Å². The summed E-state index contributed by atoms with van der Waals surface area (Å²) in [5.74, 6) is 0.950. The average molecular weight is 284 g/mol. The first kappa shape index (κ1) is 13.9. The fourth-order valence-electron chi connectivity index (χ4n) is 3.17. The van der Waals surface area contributed by atoms with Crippen LogP contribution in [-0.4, -0.2) is 22.6 Å². The molecule has 2 unspecified atom stereocenters. The summed E-state index contributed by atoms with van der Waals surface area (Å²) in [6.07, 6.45) is 3.69. The standard InChI is InChI=1S/C17H20N2O2/c1-11-6-7-12(8-11)10-18-16-14(17(20)21)9-13-4-2-3-5-15(13)19-16/h2-5,9,11-12H,6-8,10H2,1H3,(H,18,19)(H,20,21). The third-order valence-electron chi connectivity index (χ3n) is 4.32. The molecule has 1 fully saturated rings. The minimum Gasteiger partial charge on any atom is -0.478 e. The van der Waals surface area contributed by atoms with Crippen molar-refractivity contribution in [1.82, 2.24) is 4.98 Å². The molecule has 3 rings (SSSR count). The van der Waals surface area contributed by atoms with Crippen molar-refractivity contribution < 1.29 is 9.90 Å². The molecule has 1 aliphatic carbocycles. The summed E-state index contributed by atoms with van der Waals surface area (Å²) in [5, 5.41) is 13.5. The first-order valence-electron chi connectivity index (χ1n) is 7.50. The number of rotatable bonds is 4. The Morgan fingerprint density at radius 3 is 2.90 bits per heavy atom. The number of pyridine rings is 1. The number of carboxylic acid groups (broad SMARTS) is 1. The van der Waals surface area contributed by atoms with E-state index in [1.165, 1.54) is 19.3 Å². The highest BCUT2D eigenvalue weighted by atomic mass is 16.4. The second kappa shape index (κ2) is 5.72. The second-order valence-electron chi connectivity index (χ2n) is 6.05. The van der Waals surface area contributed by atoms with Crippen LogP contribution in [0.4, 0.5) is 5.82 Å². The molecule has 110 valence electrons. The number of benzene rings is 1. The van der Waals surface area contributed by atoms with Gasteiger partial charge in [0.25, 0.3) is 0 Å². The number of hydrogen-bond acceptors (Lipinski definition) is 3. The molecular formula is C17H20N2O2. The normalized spacial score (nSPS) is 21.6. The Hall–Kier alpha value is -2.10. The molecule has 0 spiro atoms. The summed E-state index contributed by atoms with van der Waals surface area (Å²) in [4.78, 5) is 15.9. The van der Waals surface area contributed by atoms with E-state index >= 15 is 0 Å². The largest absolute Gasteiger partial charge is 0.478 e. The molecule has 4 heteroatoms. The van der Waals surface area contributed by atoms with Crippen LogP contribution in [-0.2, 0) is 0 Å². The molecule has 2 atom stereocenters. The van der Waals surface area contributed by atoms with Crippen molar-refractivity contribution in [2.45, 2.75) is 26.2 Å².